The first-order chi connectivity index (χ1) is 9.56. The maximum Gasteiger partial charge on any atom is 0.258 e. The van der Waals surface area contributed by atoms with Gasteiger partial charge in [0.25, 0.3) is 5.91 Å². The number of hydrogen-bond acceptors (Lipinski definition) is 3. The maximum atomic E-state index is 11.9. The number of halogens is 3. The number of nitrogens with one attached hydrogen (secondary N) is 2. The van der Waals surface area contributed by atoms with Crippen molar-refractivity contribution in [3.63, 3.8) is 0 Å². The summed E-state index contributed by atoms with van der Waals surface area (Å²) in [5.74, 6) is 0.269. The summed E-state index contributed by atoms with van der Waals surface area (Å²) in [6.07, 6.45) is 2.05. The third-order valence-corrected chi connectivity index (χ3v) is 3.91. The van der Waals surface area contributed by atoms with E-state index in [0.717, 1.165) is 19.4 Å². The zero-order valence-corrected chi connectivity index (χ0v) is 14.0. The smallest absolute Gasteiger partial charge is 0.258 e. The summed E-state index contributed by atoms with van der Waals surface area (Å²) in [7, 11) is 0. The van der Waals surface area contributed by atoms with E-state index < -0.39 is 0 Å². The van der Waals surface area contributed by atoms with Crippen LogP contribution in [0.4, 0.5) is 0 Å². The Hall–Kier alpha value is -0.680. The van der Waals surface area contributed by atoms with Gasteiger partial charge in [0.15, 0.2) is 6.61 Å². The minimum absolute atomic E-state index is 0. The Bertz CT molecular complexity index is 485. The fourth-order valence-electron chi connectivity index (χ4n) is 2.22. The van der Waals surface area contributed by atoms with Gasteiger partial charge in [-0.05, 0) is 38.4 Å². The summed E-state index contributed by atoms with van der Waals surface area (Å²) in [6, 6.07) is 5.34. The van der Waals surface area contributed by atoms with Gasteiger partial charge in [0.2, 0.25) is 0 Å². The van der Waals surface area contributed by atoms with Crippen LogP contribution in [0, 0.1) is 0 Å². The number of benzene rings is 1. The maximum absolute atomic E-state index is 11.9. The monoisotopic (exact) mass is 352 g/mol. The lowest BCUT2D eigenvalue weighted by molar-refractivity contribution is -0.124. The number of amides is 1. The van der Waals surface area contributed by atoms with Gasteiger partial charge in [-0.1, -0.05) is 23.2 Å². The summed E-state index contributed by atoms with van der Waals surface area (Å²) >= 11 is 11.8. The van der Waals surface area contributed by atoms with Gasteiger partial charge in [0.1, 0.15) is 5.75 Å². The van der Waals surface area contributed by atoms with Crippen LogP contribution in [0.1, 0.15) is 19.8 Å². The molecule has 1 amide bonds. The highest BCUT2D eigenvalue weighted by molar-refractivity contribution is 6.34. The highest BCUT2D eigenvalue weighted by atomic mass is 35.5. The van der Waals surface area contributed by atoms with E-state index in [-0.39, 0.29) is 37.0 Å². The molecule has 1 aliphatic heterocycles. The highest BCUT2D eigenvalue weighted by Gasteiger charge is 2.22. The van der Waals surface area contributed by atoms with Crippen LogP contribution in [-0.2, 0) is 4.79 Å². The van der Waals surface area contributed by atoms with Crippen molar-refractivity contribution in [1.82, 2.24) is 10.6 Å². The number of hydrogen-bond donors (Lipinski definition) is 2. The van der Waals surface area contributed by atoms with Crippen molar-refractivity contribution >= 4 is 41.5 Å². The van der Waals surface area contributed by atoms with Crippen molar-refractivity contribution in [2.45, 2.75) is 31.8 Å². The molecule has 21 heavy (non-hydrogen) atoms. The van der Waals surface area contributed by atoms with E-state index in [1.54, 1.807) is 18.2 Å². The first-order valence-corrected chi connectivity index (χ1v) is 7.42. The van der Waals surface area contributed by atoms with Crippen molar-refractivity contribution in [3.8, 4) is 5.75 Å². The Kier molecular flexibility index (Phi) is 7.60. The van der Waals surface area contributed by atoms with E-state index in [2.05, 4.69) is 17.6 Å². The fraction of sp³-hybridized carbons (Fsp3) is 0.500. The molecule has 1 heterocycles. The van der Waals surface area contributed by atoms with E-state index in [9.17, 15) is 4.79 Å². The van der Waals surface area contributed by atoms with Crippen molar-refractivity contribution in [1.29, 1.82) is 0 Å². The molecule has 0 bridgehead atoms. The highest BCUT2D eigenvalue weighted by Crippen LogP contribution is 2.27. The second-order valence-electron chi connectivity index (χ2n) is 4.92. The third-order valence-electron chi connectivity index (χ3n) is 3.36. The molecule has 118 valence electrons. The van der Waals surface area contributed by atoms with E-state index in [4.69, 9.17) is 27.9 Å². The van der Waals surface area contributed by atoms with Gasteiger partial charge in [-0.25, -0.2) is 0 Å². The molecule has 2 atom stereocenters. The summed E-state index contributed by atoms with van der Waals surface area (Å²) in [5.41, 5.74) is 0. The van der Waals surface area contributed by atoms with Gasteiger partial charge < -0.3 is 15.4 Å². The zero-order chi connectivity index (χ0) is 14.5. The van der Waals surface area contributed by atoms with Gasteiger partial charge in [0.05, 0.1) is 5.02 Å². The van der Waals surface area contributed by atoms with Crippen molar-refractivity contribution in [2.24, 2.45) is 0 Å². The molecule has 1 aliphatic rings. The average Bonchev–Trinajstić information content (AvgIpc) is 2.42. The SMILES string of the molecule is CC1NCCCC1NC(=O)COc1cc(Cl)ccc1Cl.Cl. The van der Waals surface area contributed by atoms with Crippen molar-refractivity contribution in [3.05, 3.63) is 28.2 Å². The van der Waals surface area contributed by atoms with Crippen LogP contribution in [0.15, 0.2) is 18.2 Å². The minimum Gasteiger partial charge on any atom is -0.482 e. The quantitative estimate of drug-likeness (QED) is 0.874. The van der Waals surface area contributed by atoms with Crippen LogP contribution in [0.2, 0.25) is 10.0 Å². The van der Waals surface area contributed by atoms with Gasteiger partial charge >= 0.3 is 0 Å². The summed E-state index contributed by atoms with van der Waals surface area (Å²) in [5, 5.41) is 7.27. The average molecular weight is 354 g/mol. The number of carbonyl (C=O) groups is 1. The molecule has 7 heteroatoms. The lowest BCUT2D eigenvalue weighted by Gasteiger charge is -2.30. The number of ether oxygens (including phenoxy) is 1. The number of carbonyl (C=O) groups excluding carboxylic acids is 1. The lowest BCUT2D eigenvalue weighted by Crippen LogP contribution is -2.52. The summed E-state index contributed by atoms with van der Waals surface area (Å²) < 4.78 is 5.41. The Morgan fingerprint density at radius 3 is 2.95 bits per heavy atom. The summed E-state index contributed by atoms with van der Waals surface area (Å²) in [6.45, 7) is 3.00. The van der Waals surface area contributed by atoms with Crippen LogP contribution < -0.4 is 15.4 Å². The Morgan fingerprint density at radius 1 is 1.48 bits per heavy atom. The second-order valence-corrected chi connectivity index (χ2v) is 5.77. The van der Waals surface area contributed by atoms with Crippen LogP contribution in [0.5, 0.6) is 5.75 Å². The van der Waals surface area contributed by atoms with Gasteiger partial charge in [-0.2, -0.15) is 0 Å². The molecule has 4 nitrogen and oxygen atoms in total. The molecule has 0 radical (unpaired) electrons. The minimum atomic E-state index is -0.151. The molecule has 1 saturated heterocycles. The molecule has 2 N–H and O–H groups in total. The summed E-state index contributed by atoms with van der Waals surface area (Å²) in [4.78, 5) is 11.9. The number of piperidine rings is 1. The number of rotatable bonds is 4. The predicted octanol–water partition coefficient (Wildman–Crippen LogP) is 3.05. The first-order valence-electron chi connectivity index (χ1n) is 6.67. The molecule has 0 aromatic heterocycles. The molecule has 0 spiro atoms. The molecular weight excluding hydrogens is 335 g/mol. The lowest BCUT2D eigenvalue weighted by atomic mass is 10.00. The molecular formula is C14H19Cl3N2O2. The van der Waals surface area contributed by atoms with Crippen LogP contribution in [0.25, 0.3) is 0 Å². The third kappa shape index (κ3) is 5.55. The van der Waals surface area contributed by atoms with Gasteiger partial charge in [0, 0.05) is 23.2 Å². The van der Waals surface area contributed by atoms with Crippen LogP contribution in [0.3, 0.4) is 0 Å². The standard InChI is InChI=1S/C14H18Cl2N2O2.ClH/c1-9-12(3-2-6-17-9)18-14(19)8-20-13-7-10(15)4-5-11(13)16;/h4-5,7,9,12,17H,2-3,6,8H2,1H3,(H,18,19);1H. The van der Waals surface area contributed by atoms with Gasteiger partial charge in [-0.3, -0.25) is 4.79 Å². The topological polar surface area (TPSA) is 50.4 Å². The molecule has 0 aliphatic carbocycles. The van der Waals surface area contributed by atoms with E-state index >= 15 is 0 Å². The van der Waals surface area contributed by atoms with Crippen molar-refractivity contribution < 1.29 is 9.53 Å². The zero-order valence-electron chi connectivity index (χ0n) is 11.7. The van der Waals surface area contributed by atoms with E-state index in [1.807, 2.05) is 0 Å². The van der Waals surface area contributed by atoms with Crippen LogP contribution in [-0.4, -0.2) is 31.1 Å². The van der Waals surface area contributed by atoms with E-state index in [0.29, 0.717) is 15.8 Å². The second kappa shape index (κ2) is 8.69. The van der Waals surface area contributed by atoms with E-state index in [1.165, 1.54) is 0 Å². The Labute approximate surface area is 140 Å². The normalized spacial score (nSPS) is 21.3. The van der Waals surface area contributed by atoms with Crippen molar-refractivity contribution in [2.75, 3.05) is 13.2 Å². The van der Waals surface area contributed by atoms with Gasteiger partial charge in [-0.15, -0.1) is 12.4 Å². The predicted molar refractivity (Wildman–Crippen MR) is 87.8 cm³/mol. The molecule has 1 fully saturated rings. The largest absolute Gasteiger partial charge is 0.482 e. The molecule has 1 aromatic carbocycles. The molecule has 2 unspecified atom stereocenters. The molecule has 1 aromatic rings. The Balaban J connectivity index is 0.00000220. The van der Waals surface area contributed by atoms with Crippen LogP contribution >= 0.6 is 35.6 Å². The molecule has 2 rings (SSSR count). The fourth-order valence-corrected chi connectivity index (χ4v) is 2.55. The Morgan fingerprint density at radius 2 is 2.24 bits per heavy atom. The first kappa shape index (κ1) is 18.4. The molecule has 0 saturated carbocycles.